The first-order valence-corrected chi connectivity index (χ1v) is 7.92. The summed E-state index contributed by atoms with van der Waals surface area (Å²) in [4.78, 5) is 13.4. The van der Waals surface area contributed by atoms with E-state index >= 15 is 0 Å². The van der Waals surface area contributed by atoms with Gasteiger partial charge in [0.15, 0.2) is 0 Å². The number of benzene rings is 1. The van der Waals surface area contributed by atoms with Crippen molar-refractivity contribution in [2.45, 2.75) is 32.2 Å². The Bertz CT molecular complexity index is 595. The van der Waals surface area contributed by atoms with Gasteiger partial charge in [-0.3, -0.25) is 0 Å². The molecule has 0 fully saturated rings. The van der Waals surface area contributed by atoms with Crippen LogP contribution in [-0.4, -0.2) is 26.0 Å². The van der Waals surface area contributed by atoms with E-state index in [0.717, 1.165) is 29.7 Å². The Morgan fingerprint density at radius 3 is 2.95 bits per heavy atom. The fourth-order valence-electron chi connectivity index (χ4n) is 2.66. The van der Waals surface area contributed by atoms with Crippen molar-refractivity contribution < 1.29 is 9.53 Å². The van der Waals surface area contributed by atoms with Gasteiger partial charge in [0.1, 0.15) is 6.29 Å². The molecule has 0 bridgehead atoms. The zero-order chi connectivity index (χ0) is 16.1. The summed E-state index contributed by atoms with van der Waals surface area (Å²) in [5, 5.41) is 0.648. The van der Waals surface area contributed by atoms with Crippen LogP contribution in [0.2, 0.25) is 5.02 Å². The van der Waals surface area contributed by atoms with Crippen LogP contribution < -0.4 is 4.90 Å². The highest BCUT2D eigenvalue weighted by Gasteiger charge is 2.21. The molecule has 0 radical (unpaired) electrons. The molecule has 0 heterocycles. The summed E-state index contributed by atoms with van der Waals surface area (Å²) in [6.45, 7) is 4.55. The third-order valence-corrected chi connectivity index (χ3v) is 4.15. The predicted octanol–water partition coefficient (Wildman–Crippen LogP) is 4.33. The second-order valence-electron chi connectivity index (χ2n) is 5.46. The molecule has 0 spiro atoms. The van der Waals surface area contributed by atoms with Gasteiger partial charge in [-0.15, -0.1) is 0 Å². The first-order valence-electron chi connectivity index (χ1n) is 7.54. The van der Waals surface area contributed by atoms with Crippen molar-refractivity contribution in [2.75, 3.05) is 18.6 Å². The standard InChI is InChI=1S/C18H22ClNO2/c1-4-22-16-7-5-6-15(11-16)20(3)18-9-8-14(19)10-17(18)13(2)12-21/h5-10,12-13,15H,4,11H2,1-3H3. The highest BCUT2D eigenvalue weighted by atomic mass is 35.5. The maximum atomic E-state index is 11.2. The first-order chi connectivity index (χ1) is 10.6. The van der Waals surface area contributed by atoms with Crippen molar-refractivity contribution >= 4 is 23.6 Å². The van der Waals surface area contributed by atoms with Crippen molar-refractivity contribution in [1.29, 1.82) is 0 Å². The monoisotopic (exact) mass is 319 g/mol. The molecule has 0 aliphatic heterocycles. The number of aldehydes is 1. The van der Waals surface area contributed by atoms with E-state index in [2.05, 4.69) is 11.0 Å². The van der Waals surface area contributed by atoms with Crippen LogP contribution >= 0.6 is 11.6 Å². The smallest absolute Gasteiger partial charge is 0.127 e. The average Bonchev–Trinajstić information content (AvgIpc) is 2.54. The maximum Gasteiger partial charge on any atom is 0.127 e. The summed E-state index contributed by atoms with van der Waals surface area (Å²) in [5.41, 5.74) is 1.97. The zero-order valence-corrected chi connectivity index (χ0v) is 14.0. The fraction of sp³-hybridized carbons (Fsp3) is 0.389. The number of nitrogens with zero attached hydrogens (tertiary/aromatic N) is 1. The van der Waals surface area contributed by atoms with Crippen LogP contribution in [0, 0.1) is 0 Å². The van der Waals surface area contributed by atoms with Gasteiger partial charge in [-0.25, -0.2) is 0 Å². The van der Waals surface area contributed by atoms with Crippen LogP contribution in [0.25, 0.3) is 0 Å². The Balaban J connectivity index is 2.26. The van der Waals surface area contributed by atoms with Crippen LogP contribution in [-0.2, 0) is 9.53 Å². The summed E-state index contributed by atoms with van der Waals surface area (Å²) in [6, 6.07) is 5.91. The molecule has 3 nitrogen and oxygen atoms in total. The SMILES string of the molecule is CCOC1=CC=CC(N(C)c2ccc(Cl)cc2C(C)C=O)C1. The van der Waals surface area contributed by atoms with Crippen LogP contribution in [0.4, 0.5) is 5.69 Å². The summed E-state index contributed by atoms with van der Waals surface area (Å²) >= 11 is 6.10. The number of likely N-dealkylation sites (N-methyl/N-ethyl adjacent to an activating group) is 1. The molecule has 4 heteroatoms. The van der Waals surface area contributed by atoms with Gasteiger partial charge in [0.25, 0.3) is 0 Å². The lowest BCUT2D eigenvalue weighted by Gasteiger charge is -2.32. The molecule has 0 N–H and O–H groups in total. The van der Waals surface area contributed by atoms with Gasteiger partial charge in [-0.05, 0) is 36.8 Å². The number of hydrogen-bond donors (Lipinski definition) is 0. The van der Waals surface area contributed by atoms with E-state index in [4.69, 9.17) is 16.3 Å². The highest BCUT2D eigenvalue weighted by molar-refractivity contribution is 6.30. The molecule has 1 aliphatic carbocycles. The summed E-state index contributed by atoms with van der Waals surface area (Å²) in [6.07, 6.45) is 7.94. The number of hydrogen-bond acceptors (Lipinski definition) is 3. The van der Waals surface area contributed by atoms with Gasteiger partial charge in [0.2, 0.25) is 0 Å². The van der Waals surface area contributed by atoms with E-state index in [0.29, 0.717) is 11.6 Å². The lowest BCUT2D eigenvalue weighted by molar-refractivity contribution is -0.108. The van der Waals surface area contributed by atoms with Crippen molar-refractivity contribution in [3.05, 3.63) is 52.8 Å². The maximum absolute atomic E-state index is 11.2. The molecule has 0 saturated carbocycles. The van der Waals surface area contributed by atoms with E-state index in [9.17, 15) is 4.79 Å². The first kappa shape index (κ1) is 16.6. The van der Waals surface area contributed by atoms with Crippen LogP contribution in [0.1, 0.15) is 31.7 Å². The number of anilines is 1. The minimum absolute atomic E-state index is 0.189. The molecular formula is C18H22ClNO2. The van der Waals surface area contributed by atoms with Gasteiger partial charge in [-0.1, -0.05) is 30.7 Å². The number of carbonyl (C=O) groups excluding carboxylic acids is 1. The quantitative estimate of drug-likeness (QED) is 0.731. The second-order valence-corrected chi connectivity index (χ2v) is 5.90. The Morgan fingerprint density at radius 2 is 2.27 bits per heavy atom. The number of halogens is 1. The van der Waals surface area contributed by atoms with Crippen LogP contribution in [0.15, 0.2) is 42.2 Å². The third-order valence-electron chi connectivity index (χ3n) is 3.92. The molecule has 2 atom stereocenters. The minimum Gasteiger partial charge on any atom is -0.498 e. The van der Waals surface area contributed by atoms with Crippen LogP contribution in [0.5, 0.6) is 0 Å². The van der Waals surface area contributed by atoms with Crippen molar-refractivity contribution in [1.82, 2.24) is 0 Å². The van der Waals surface area contributed by atoms with Gasteiger partial charge >= 0.3 is 0 Å². The predicted molar refractivity (Wildman–Crippen MR) is 91.6 cm³/mol. The molecule has 0 saturated heterocycles. The second kappa shape index (κ2) is 7.50. The number of ether oxygens (including phenoxy) is 1. The van der Waals surface area contributed by atoms with E-state index in [-0.39, 0.29) is 12.0 Å². The largest absolute Gasteiger partial charge is 0.498 e. The summed E-state index contributed by atoms with van der Waals surface area (Å²) in [5.74, 6) is 0.798. The highest BCUT2D eigenvalue weighted by Crippen LogP contribution is 2.32. The molecular weight excluding hydrogens is 298 g/mol. The van der Waals surface area contributed by atoms with E-state index in [1.165, 1.54) is 0 Å². The molecule has 118 valence electrons. The van der Waals surface area contributed by atoms with Crippen molar-refractivity contribution in [2.24, 2.45) is 0 Å². The topological polar surface area (TPSA) is 29.5 Å². The Kier molecular flexibility index (Phi) is 5.67. The van der Waals surface area contributed by atoms with Gasteiger partial charge in [0.05, 0.1) is 18.4 Å². The van der Waals surface area contributed by atoms with E-state index < -0.39 is 0 Å². The molecule has 1 aromatic rings. The van der Waals surface area contributed by atoms with Gasteiger partial charge < -0.3 is 14.4 Å². The third kappa shape index (κ3) is 3.72. The number of carbonyl (C=O) groups is 1. The van der Waals surface area contributed by atoms with Crippen molar-refractivity contribution in [3.63, 3.8) is 0 Å². The zero-order valence-electron chi connectivity index (χ0n) is 13.3. The Morgan fingerprint density at radius 1 is 1.50 bits per heavy atom. The molecule has 1 aliphatic rings. The summed E-state index contributed by atoms with van der Waals surface area (Å²) < 4.78 is 5.62. The van der Waals surface area contributed by atoms with E-state index in [1.807, 2.05) is 51.2 Å². The number of allylic oxidation sites excluding steroid dienone is 2. The molecule has 2 rings (SSSR count). The fourth-order valence-corrected chi connectivity index (χ4v) is 2.84. The molecule has 22 heavy (non-hydrogen) atoms. The van der Waals surface area contributed by atoms with Gasteiger partial charge in [-0.2, -0.15) is 0 Å². The lowest BCUT2D eigenvalue weighted by Crippen LogP contribution is -2.32. The lowest BCUT2D eigenvalue weighted by atomic mass is 9.98. The Labute approximate surface area is 137 Å². The normalized spacial score (nSPS) is 18.5. The molecule has 0 amide bonds. The molecule has 2 unspecified atom stereocenters. The van der Waals surface area contributed by atoms with Crippen LogP contribution in [0.3, 0.4) is 0 Å². The average molecular weight is 320 g/mol. The molecule has 1 aromatic carbocycles. The van der Waals surface area contributed by atoms with Gasteiger partial charge in [0, 0.05) is 30.1 Å². The van der Waals surface area contributed by atoms with Crippen molar-refractivity contribution in [3.8, 4) is 0 Å². The Hall–Kier alpha value is -1.74. The number of rotatable bonds is 6. The van der Waals surface area contributed by atoms with E-state index in [1.54, 1.807) is 0 Å². The minimum atomic E-state index is -0.189. The molecule has 0 aromatic heterocycles. The summed E-state index contributed by atoms with van der Waals surface area (Å²) in [7, 11) is 2.04.